The molecule has 0 atom stereocenters. The van der Waals surface area contributed by atoms with E-state index >= 15 is 0 Å². The third-order valence-electron chi connectivity index (χ3n) is 18.4. The smallest absolute Gasteiger partial charge is 0.0708 e. The molecule has 0 spiro atoms. The zero-order chi connectivity index (χ0) is 61.7. The predicted molar refractivity (Wildman–Crippen MR) is 393 cm³/mol. The Bertz CT molecular complexity index is 5560. The number of allylic oxidation sites excluding steroid dienone is 5. The van der Waals surface area contributed by atoms with Crippen LogP contribution in [0.1, 0.15) is 13.8 Å². The minimum atomic E-state index is 1.02. The molecule has 4 heteroatoms. The van der Waals surface area contributed by atoms with Gasteiger partial charge in [-0.2, -0.15) is 0 Å². The summed E-state index contributed by atoms with van der Waals surface area (Å²) >= 11 is 0. The summed E-state index contributed by atoms with van der Waals surface area (Å²) in [7, 11) is 0. The van der Waals surface area contributed by atoms with Crippen molar-refractivity contribution in [2.45, 2.75) is 13.8 Å². The Balaban J connectivity index is 0.000000131. The van der Waals surface area contributed by atoms with E-state index in [0.29, 0.717) is 0 Å². The molecule has 0 fully saturated rings. The fourth-order valence-corrected chi connectivity index (χ4v) is 13.7. The first kappa shape index (κ1) is 55.3. The lowest BCUT2D eigenvalue weighted by Crippen LogP contribution is -1.90. The van der Waals surface area contributed by atoms with E-state index in [-0.39, 0.29) is 0 Å². The lowest BCUT2D eigenvalue weighted by atomic mass is 9.86. The van der Waals surface area contributed by atoms with Gasteiger partial charge in [-0.15, -0.1) is 0 Å². The molecule has 0 radical (unpaired) electrons. The highest BCUT2D eigenvalue weighted by atomic mass is 14.7. The van der Waals surface area contributed by atoms with Crippen LogP contribution in [-0.2, 0) is 0 Å². The van der Waals surface area contributed by atoms with Crippen LogP contribution in [0.4, 0.5) is 0 Å². The molecule has 0 aliphatic carbocycles. The molecule has 0 unspecified atom stereocenters. The molecule has 0 aliphatic heterocycles. The monoisotopic (exact) mass is 1170 g/mol. The van der Waals surface area contributed by atoms with Crippen molar-refractivity contribution in [3.63, 3.8) is 0 Å². The average molecular weight is 1170 g/mol. The number of hydrogen-bond acceptors (Lipinski definition) is 4. The Kier molecular flexibility index (Phi) is 14.1. The van der Waals surface area contributed by atoms with Crippen molar-refractivity contribution in [3.8, 4) is 66.8 Å². The van der Waals surface area contributed by atoms with Crippen LogP contribution in [0.5, 0.6) is 0 Å². The number of nitrogens with zero attached hydrogens (tertiary/aromatic N) is 4. The number of benzene rings is 14. The first-order valence-electron chi connectivity index (χ1n) is 31.4. The van der Waals surface area contributed by atoms with Crippen molar-refractivity contribution in [2.24, 2.45) is 0 Å². The fourth-order valence-electron chi connectivity index (χ4n) is 13.7. The molecule has 0 N–H and O–H groups in total. The number of hydrogen-bond donors (Lipinski definition) is 0. The maximum absolute atomic E-state index is 4.67. The summed E-state index contributed by atoms with van der Waals surface area (Å²) in [5, 5.41) is 20.2. The number of rotatable bonds is 8. The third-order valence-corrected chi connectivity index (χ3v) is 18.4. The summed E-state index contributed by atoms with van der Waals surface area (Å²) < 4.78 is 0. The molecule has 92 heavy (non-hydrogen) atoms. The largest absolute Gasteiger partial charge is 0.256 e. The molecule has 0 bridgehead atoms. The van der Waals surface area contributed by atoms with Gasteiger partial charge in [0.2, 0.25) is 0 Å². The average Bonchev–Trinajstić information content (AvgIpc) is 0.735. The Hall–Kier alpha value is -12.0. The van der Waals surface area contributed by atoms with Crippen LogP contribution in [0.2, 0.25) is 0 Å². The van der Waals surface area contributed by atoms with Crippen LogP contribution in [0.3, 0.4) is 0 Å². The van der Waals surface area contributed by atoms with Gasteiger partial charge in [0.05, 0.1) is 22.1 Å². The number of pyridine rings is 4. The second-order valence-electron chi connectivity index (χ2n) is 23.7. The van der Waals surface area contributed by atoms with Crippen molar-refractivity contribution < 1.29 is 0 Å². The van der Waals surface area contributed by atoms with Crippen LogP contribution in [0.25, 0.3) is 175 Å². The topological polar surface area (TPSA) is 51.6 Å². The molecule has 18 rings (SSSR count). The molecular weight excluding hydrogens is 1110 g/mol. The van der Waals surface area contributed by atoms with Crippen molar-refractivity contribution in [1.82, 2.24) is 19.9 Å². The van der Waals surface area contributed by atoms with E-state index in [1.807, 2.05) is 68.1 Å². The summed E-state index contributed by atoms with van der Waals surface area (Å²) in [5.74, 6) is 0. The standard InChI is InChI=1S/2C40H24N2.C8H12/c1-5-32(34-6-3-23-42-38(34)7-1)33-18-13-28-14-19-35-31(17-12-27-15-20-36(33)40(28)39(27)35)26-10-8-25(9-11-26)29-16-21-37-30(24-29)4-2-22-41-37;1-2-8-37-29(5-1)23-30(24-42-37)25-10-12-26(13-11-25)31-18-14-27-17-21-36-33(19-15-28-16-20-35(31)39(27)40(28)36)32-6-3-9-38-34(32)7-4-22-41-38;1-4-6-7-8(3)5-2/h2*1-24H;4-7H,1H2,2-3H3/b;;7-6-,8-5+. The first-order chi connectivity index (χ1) is 45.4. The second kappa shape index (κ2) is 23.5. The predicted octanol–water partition coefficient (Wildman–Crippen LogP) is 24.1. The lowest BCUT2D eigenvalue weighted by Gasteiger charge is -2.17. The van der Waals surface area contributed by atoms with Crippen molar-refractivity contribution in [1.29, 1.82) is 0 Å². The summed E-state index contributed by atoms with van der Waals surface area (Å²) in [4.78, 5) is 18.4. The first-order valence-corrected chi connectivity index (χ1v) is 31.4. The van der Waals surface area contributed by atoms with Crippen molar-refractivity contribution in [2.75, 3.05) is 0 Å². The summed E-state index contributed by atoms with van der Waals surface area (Å²) in [6.45, 7) is 7.63. The van der Waals surface area contributed by atoms with Gasteiger partial charge in [-0.1, -0.05) is 249 Å². The molecule has 0 amide bonds. The Morgan fingerprint density at radius 3 is 1.18 bits per heavy atom. The van der Waals surface area contributed by atoms with E-state index in [1.54, 1.807) is 6.08 Å². The van der Waals surface area contributed by atoms with Gasteiger partial charge in [-0.25, -0.2) is 0 Å². The highest BCUT2D eigenvalue weighted by molar-refractivity contribution is 6.29. The van der Waals surface area contributed by atoms with Gasteiger partial charge in [0.1, 0.15) is 0 Å². The SMILES string of the molecule is C=C/C=C\C(C)=C\C.c1ccc2ncc(-c3ccc(-c4ccc5ccc6c(-c7cccc8ncccc78)ccc7ccc4c5c76)cc3)cc2c1.c1cnc2ccc(-c3ccc(-c4ccc5ccc6c(-c7cccc8ncccc78)ccc7ccc4c5c76)cc3)cc2c1. The Labute approximate surface area is 533 Å². The van der Waals surface area contributed by atoms with E-state index < -0.39 is 0 Å². The van der Waals surface area contributed by atoms with E-state index in [2.05, 4.69) is 282 Å². The van der Waals surface area contributed by atoms with E-state index in [9.17, 15) is 0 Å². The van der Waals surface area contributed by atoms with Gasteiger partial charge in [0.25, 0.3) is 0 Å². The highest BCUT2D eigenvalue weighted by Crippen LogP contribution is 2.46. The quantitative estimate of drug-likeness (QED) is 0.112. The molecular formula is C88H60N4. The molecule has 4 aromatic heterocycles. The zero-order valence-electron chi connectivity index (χ0n) is 51.0. The summed E-state index contributed by atoms with van der Waals surface area (Å²) in [6, 6.07) is 96.6. The molecule has 432 valence electrons. The molecule has 14 aromatic carbocycles. The normalized spacial score (nSPS) is 11.9. The van der Waals surface area contributed by atoms with Crippen LogP contribution in [-0.4, -0.2) is 19.9 Å². The lowest BCUT2D eigenvalue weighted by molar-refractivity contribution is 1.41. The minimum absolute atomic E-state index is 1.02. The van der Waals surface area contributed by atoms with Crippen molar-refractivity contribution >= 4 is 108 Å². The van der Waals surface area contributed by atoms with Gasteiger partial charge in [-0.3, -0.25) is 19.9 Å². The van der Waals surface area contributed by atoms with Gasteiger partial charge in [0, 0.05) is 51.9 Å². The van der Waals surface area contributed by atoms with E-state index in [1.165, 1.54) is 142 Å². The summed E-state index contributed by atoms with van der Waals surface area (Å²) in [6.07, 6.45) is 15.3. The fraction of sp³-hybridized carbons (Fsp3) is 0.0227. The molecule has 0 aliphatic rings. The maximum atomic E-state index is 4.67. The van der Waals surface area contributed by atoms with Gasteiger partial charge in [-0.05, 0) is 194 Å². The van der Waals surface area contributed by atoms with Crippen LogP contribution in [0, 0.1) is 0 Å². The molecule has 0 saturated heterocycles. The van der Waals surface area contributed by atoms with E-state index in [0.717, 1.165) is 38.4 Å². The van der Waals surface area contributed by atoms with Gasteiger partial charge < -0.3 is 0 Å². The minimum Gasteiger partial charge on any atom is -0.256 e. The maximum Gasteiger partial charge on any atom is 0.0708 e. The number of para-hydroxylation sites is 1. The Morgan fingerprint density at radius 2 is 0.674 bits per heavy atom. The van der Waals surface area contributed by atoms with Gasteiger partial charge >= 0.3 is 0 Å². The zero-order valence-corrected chi connectivity index (χ0v) is 51.0. The summed E-state index contributed by atoms with van der Waals surface area (Å²) in [5.41, 5.74) is 19.9. The van der Waals surface area contributed by atoms with Crippen LogP contribution in [0.15, 0.2) is 328 Å². The Morgan fingerprint density at radius 1 is 0.293 bits per heavy atom. The molecule has 4 nitrogen and oxygen atoms in total. The van der Waals surface area contributed by atoms with E-state index in [4.69, 9.17) is 0 Å². The molecule has 18 aromatic rings. The van der Waals surface area contributed by atoms with Gasteiger partial charge in [0.15, 0.2) is 0 Å². The highest BCUT2D eigenvalue weighted by Gasteiger charge is 2.19. The number of aromatic nitrogens is 4. The van der Waals surface area contributed by atoms with Crippen molar-refractivity contribution in [3.05, 3.63) is 328 Å². The van der Waals surface area contributed by atoms with Crippen LogP contribution >= 0.6 is 0 Å². The number of fused-ring (bicyclic) bond motifs is 4. The second-order valence-corrected chi connectivity index (χ2v) is 23.7. The third kappa shape index (κ3) is 9.92. The molecule has 4 heterocycles. The van der Waals surface area contributed by atoms with Crippen LogP contribution < -0.4 is 0 Å². The molecule has 0 saturated carbocycles.